The molecule has 1 amide bonds. The molecule has 29 heavy (non-hydrogen) atoms. The molecule has 164 valence electrons. The average Bonchev–Trinajstić information content (AvgIpc) is 2.73. The quantitative estimate of drug-likeness (QED) is 0.275. The van der Waals surface area contributed by atoms with Crippen LogP contribution in [0.1, 0.15) is 109 Å². The van der Waals surface area contributed by atoms with Crippen LogP contribution in [0.5, 0.6) is 0 Å². The minimum Gasteiger partial charge on any atom is -0.346 e. The lowest BCUT2D eigenvalue weighted by atomic mass is 9.98. The van der Waals surface area contributed by atoms with E-state index in [1.165, 1.54) is 51.4 Å². The highest BCUT2D eigenvalue weighted by Gasteiger charge is 2.20. The normalized spacial score (nSPS) is 11.9. The van der Waals surface area contributed by atoms with Gasteiger partial charge in [-0.05, 0) is 24.8 Å². The standard InChI is InChI=1S/C26H43NO2/c1-3-5-7-9-11-16-20-25(28)24(22-23-18-14-13-15-19-23)27-26(29)21-17-12-10-8-6-4-2/h13-15,18-19,24H,3-12,16-17,20-22H2,1-2H3,(H,27,29)/t24-/m1/s1. The van der Waals surface area contributed by atoms with Gasteiger partial charge in [-0.2, -0.15) is 0 Å². The molecule has 0 radical (unpaired) electrons. The van der Waals surface area contributed by atoms with Gasteiger partial charge in [-0.1, -0.05) is 108 Å². The van der Waals surface area contributed by atoms with Gasteiger partial charge >= 0.3 is 0 Å². The molecule has 0 heterocycles. The summed E-state index contributed by atoms with van der Waals surface area (Å²) < 4.78 is 0. The molecule has 1 N–H and O–H groups in total. The van der Waals surface area contributed by atoms with Gasteiger partial charge in [-0.15, -0.1) is 0 Å². The van der Waals surface area contributed by atoms with Crippen LogP contribution >= 0.6 is 0 Å². The van der Waals surface area contributed by atoms with Crippen molar-refractivity contribution < 1.29 is 9.59 Å². The highest BCUT2D eigenvalue weighted by molar-refractivity contribution is 5.89. The fraction of sp³-hybridized carbons (Fsp3) is 0.692. The Kier molecular flexibility index (Phi) is 15.1. The number of Topliss-reactive ketones (excluding diaryl/α,β-unsaturated/α-hetero) is 1. The number of hydrogen-bond acceptors (Lipinski definition) is 2. The van der Waals surface area contributed by atoms with Crippen LogP contribution in [0.15, 0.2) is 30.3 Å². The average molecular weight is 402 g/mol. The van der Waals surface area contributed by atoms with Crippen LogP contribution in [0.2, 0.25) is 0 Å². The van der Waals surface area contributed by atoms with Crippen LogP contribution in [0.25, 0.3) is 0 Å². The number of rotatable bonds is 18. The molecule has 1 atom stereocenters. The molecule has 0 aliphatic carbocycles. The largest absolute Gasteiger partial charge is 0.346 e. The van der Waals surface area contributed by atoms with Crippen molar-refractivity contribution in [2.45, 2.75) is 116 Å². The zero-order valence-corrected chi connectivity index (χ0v) is 18.9. The van der Waals surface area contributed by atoms with E-state index < -0.39 is 0 Å². The lowest BCUT2D eigenvalue weighted by Gasteiger charge is -2.18. The minimum absolute atomic E-state index is 0.0257. The second-order valence-corrected chi connectivity index (χ2v) is 8.31. The predicted octanol–water partition coefficient (Wildman–Crippen LogP) is 6.78. The summed E-state index contributed by atoms with van der Waals surface area (Å²) in [5.74, 6) is 0.207. The van der Waals surface area contributed by atoms with Gasteiger partial charge in [0.25, 0.3) is 0 Å². The highest BCUT2D eigenvalue weighted by atomic mass is 16.2. The number of ketones is 1. The summed E-state index contributed by atoms with van der Waals surface area (Å²) in [4.78, 5) is 25.2. The molecule has 0 aromatic heterocycles. The van der Waals surface area contributed by atoms with Crippen LogP contribution in [-0.2, 0) is 16.0 Å². The first-order valence-corrected chi connectivity index (χ1v) is 12.0. The molecule has 1 aromatic carbocycles. The number of carbonyl (C=O) groups is 2. The van der Waals surface area contributed by atoms with Gasteiger partial charge in [-0.3, -0.25) is 9.59 Å². The van der Waals surface area contributed by atoms with E-state index in [0.29, 0.717) is 19.3 Å². The molecule has 3 heteroatoms. The van der Waals surface area contributed by atoms with Crippen molar-refractivity contribution in [1.29, 1.82) is 0 Å². The summed E-state index contributed by atoms with van der Waals surface area (Å²) in [6, 6.07) is 9.63. The van der Waals surface area contributed by atoms with Gasteiger partial charge in [-0.25, -0.2) is 0 Å². The topological polar surface area (TPSA) is 46.2 Å². The van der Waals surface area contributed by atoms with Gasteiger partial charge < -0.3 is 5.32 Å². The fourth-order valence-corrected chi connectivity index (χ4v) is 3.68. The third-order valence-electron chi connectivity index (χ3n) is 5.54. The Balaban J connectivity index is 2.44. The smallest absolute Gasteiger partial charge is 0.220 e. The monoisotopic (exact) mass is 401 g/mol. The van der Waals surface area contributed by atoms with Crippen molar-refractivity contribution in [3.05, 3.63) is 35.9 Å². The third-order valence-corrected chi connectivity index (χ3v) is 5.54. The van der Waals surface area contributed by atoms with Crippen molar-refractivity contribution in [3.8, 4) is 0 Å². The molecule has 0 saturated heterocycles. The lowest BCUT2D eigenvalue weighted by Crippen LogP contribution is -2.42. The van der Waals surface area contributed by atoms with Crippen molar-refractivity contribution in [3.63, 3.8) is 0 Å². The molecule has 3 nitrogen and oxygen atoms in total. The number of benzene rings is 1. The van der Waals surface area contributed by atoms with Crippen LogP contribution < -0.4 is 5.32 Å². The molecule has 1 aromatic rings. The van der Waals surface area contributed by atoms with Crippen LogP contribution in [-0.4, -0.2) is 17.7 Å². The van der Waals surface area contributed by atoms with E-state index >= 15 is 0 Å². The minimum atomic E-state index is -0.388. The maximum absolute atomic E-state index is 12.8. The van der Waals surface area contributed by atoms with E-state index in [9.17, 15) is 9.59 Å². The maximum Gasteiger partial charge on any atom is 0.220 e. The van der Waals surface area contributed by atoms with Gasteiger partial charge in [0.15, 0.2) is 5.78 Å². The summed E-state index contributed by atoms with van der Waals surface area (Å²) >= 11 is 0. The Bertz CT molecular complexity index is 541. The van der Waals surface area contributed by atoms with Crippen molar-refractivity contribution in [1.82, 2.24) is 5.32 Å². The lowest BCUT2D eigenvalue weighted by molar-refractivity contribution is -0.128. The molecule has 0 spiro atoms. The highest BCUT2D eigenvalue weighted by Crippen LogP contribution is 2.12. The van der Waals surface area contributed by atoms with Crippen LogP contribution in [0, 0.1) is 0 Å². The second-order valence-electron chi connectivity index (χ2n) is 8.31. The number of hydrogen-bond donors (Lipinski definition) is 1. The molecule has 0 unspecified atom stereocenters. The summed E-state index contributed by atoms with van der Waals surface area (Å²) in [5, 5.41) is 3.04. The Hall–Kier alpha value is -1.64. The number of nitrogens with one attached hydrogen (secondary N) is 1. The molecule has 0 aliphatic rings. The Morgan fingerprint density at radius 2 is 1.24 bits per heavy atom. The third kappa shape index (κ3) is 13.2. The molecule has 0 saturated carbocycles. The SMILES string of the molecule is CCCCCCCCC(=O)N[C@H](Cc1ccccc1)C(=O)CCCCCCCC. The van der Waals surface area contributed by atoms with E-state index in [1.807, 2.05) is 30.3 Å². The molecule has 0 fully saturated rings. The van der Waals surface area contributed by atoms with E-state index in [-0.39, 0.29) is 17.7 Å². The van der Waals surface area contributed by atoms with E-state index in [0.717, 1.165) is 31.2 Å². The van der Waals surface area contributed by atoms with Crippen molar-refractivity contribution in [2.75, 3.05) is 0 Å². The molecule has 0 aliphatic heterocycles. The first-order chi connectivity index (χ1) is 14.2. The first-order valence-electron chi connectivity index (χ1n) is 12.0. The number of amides is 1. The molecular formula is C26H43NO2. The Morgan fingerprint density at radius 1 is 0.724 bits per heavy atom. The van der Waals surface area contributed by atoms with Crippen molar-refractivity contribution in [2.24, 2.45) is 0 Å². The maximum atomic E-state index is 12.8. The Morgan fingerprint density at radius 3 is 1.83 bits per heavy atom. The van der Waals surface area contributed by atoms with Gasteiger partial charge in [0, 0.05) is 12.8 Å². The summed E-state index contributed by atoms with van der Waals surface area (Å²) in [7, 11) is 0. The zero-order valence-electron chi connectivity index (χ0n) is 18.9. The predicted molar refractivity (Wildman–Crippen MR) is 123 cm³/mol. The molecular weight excluding hydrogens is 358 g/mol. The van der Waals surface area contributed by atoms with Gasteiger partial charge in [0.05, 0.1) is 6.04 Å². The molecule has 0 bridgehead atoms. The van der Waals surface area contributed by atoms with E-state index in [2.05, 4.69) is 19.2 Å². The van der Waals surface area contributed by atoms with E-state index in [1.54, 1.807) is 0 Å². The number of carbonyl (C=O) groups excluding carboxylic acids is 2. The zero-order chi connectivity index (χ0) is 21.2. The van der Waals surface area contributed by atoms with Crippen LogP contribution in [0.3, 0.4) is 0 Å². The molecule has 1 rings (SSSR count). The Labute approximate surface area is 179 Å². The summed E-state index contributed by atoms with van der Waals surface area (Å²) in [6.45, 7) is 4.42. The van der Waals surface area contributed by atoms with Gasteiger partial charge in [0.1, 0.15) is 0 Å². The fourth-order valence-electron chi connectivity index (χ4n) is 3.68. The van der Waals surface area contributed by atoms with Crippen molar-refractivity contribution >= 4 is 11.7 Å². The first kappa shape index (κ1) is 25.4. The summed E-state index contributed by atoms with van der Waals surface area (Å²) in [6.07, 6.45) is 15.7. The second kappa shape index (κ2) is 17.2. The van der Waals surface area contributed by atoms with E-state index in [4.69, 9.17) is 0 Å². The van der Waals surface area contributed by atoms with Gasteiger partial charge in [0.2, 0.25) is 5.91 Å². The van der Waals surface area contributed by atoms with Crippen LogP contribution in [0.4, 0.5) is 0 Å². The summed E-state index contributed by atoms with van der Waals surface area (Å²) in [5.41, 5.74) is 1.11. The number of unbranched alkanes of at least 4 members (excludes halogenated alkanes) is 10.